The van der Waals surface area contributed by atoms with Gasteiger partial charge in [-0.1, -0.05) is 89.3 Å². The Morgan fingerprint density at radius 1 is 1.00 bits per heavy atom. The maximum atomic E-state index is 14.0. The molecule has 4 unspecified atom stereocenters. The molecule has 0 aliphatic heterocycles. The van der Waals surface area contributed by atoms with Gasteiger partial charge >= 0.3 is 12.1 Å². The number of ketones is 1. The fraction of sp³-hybridized carbons (Fsp3) is 0.800. The number of carbonyl (C=O) groups excluding carboxylic acids is 2. The quantitative estimate of drug-likeness (QED) is 0.0864. The molecular formula is C25H43Cl3O7Si. The van der Waals surface area contributed by atoms with Crippen LogP contribution in [-0.4, -0.2) is 53.9 Å². The standard InChI is InChI=1S/C25H43Cl3O7Si/c1-10-14-16(5)19(34-23(32)33-15-25(26,27)28)17(6)20(29)24(8,9)21(18(7)22(30)31)35-36(11-2,12-3)13-4/h10,16-19,21H,1,11-15H2,2-9H3,(H,30,31)/t16?,17?,18?,19-,21?/m0/s1. The molecule has 0 amide bonds. The van der Waals surface area contributed by atoms with Crippen molar-refractivity contribution in [2.75, 3.05) is 6.61 Å². The minimum atomic E-state index is -2.27. The van der Waals surface area contributed by atoms with E-state index in [-0.39, 0.29) is 11.7 Å². The second-order valence-corrected chi connectivity index (χ2v) is 17.3. The molecule has 0 rings (SSSR count). The number of hydrogen-bond donors (Lipinski definition) is 1. The third kappa shape index (κ3) is 10.2. The lowest BCUT2D eigenvalue weighted by molar-refractivity contribution is -0.153. The molecule has 0 aromatic heterocycles. The lowest BCUT2D eigenvalue weighted by atomic mass is 9.71. The van der Waals surface area contributed by atoms with Crippen molar-refractivity contribution in [3.8, 4) is 0 Å². The molecule has 0 aromatic rings. The number of Topliss-reactive ketones (excluding diaryl/α,β-unsaturated/α-hetero) is 1. The van der Waals surface area contributed by atoms with Crippen molar-refractivity contribution in [2.45, 2.75) is 95.9 Å². The van der Waals surface area contributed by atoms with Crippen LogP contribution in [0.5, 0.6) is 0 Å². The van der Waals surface area contributed by atoms with E-state index in [0.29, 0.717) is 6.42 Å². The van der Waals surface area contributed by atoms with E-state index in [4.69, 9.17) is 48.7 Å². The fourth-order valence-corrected chi connectivity index (χ4v) is 7.74. The highest BCUT2D eigenvalue weighted by Crippen LogP contribution is 2.39. The molecule has 0 bridgehead atoms. The van der Waals surface area contributed by atoms with Crippen LogP contribution in [0.1, 0.15) is 61.8 Å². The van der Waals surface area contributed by atoms with Gasteiger partial charge in [0, 0.05) is 5.41 Å². The first-order valence-corrected chi connectivity index (χ1v) is 16.0. The van der Waals surface area contributed by atoms with Crippen LogP contribution in [0.2, 0.25) is 18.1 Å². The third-order valence-corrected chi connectivity index (χ3v) is 12.0. The largest absolute Gasteiger partial charge is 0.508 e. The Kier molecular flexibility index (Phi) is 14.6. The van der Waals surface area contributed by atoms with Crippen LogP contribution >= 0.6 is 34.8 Å². The number of carboxylic acid groups (broad SMARTS) is 1. The first-order valence-electron chi connectivity index (χ1n) is 12.4. The Labute approximate surface area is 232 Å². The summed E-state index contributed by atoms with van der Waals surface area (Å²) in [7, 11) is -2.27. The summed E-state index contributed by atoms with van der Waals surface area (Å²) in [5.41, 5.74) is -1.19. The van der Waals surface area contributed by atoms with Gasteiger partial charge in [-0.15, -0.1) is 6.58 Å². The first kappa shape index (κ1) is 35.2. The summed E-state index contributed by atoms with van der Waals surface area (Å²) in [6.07, 6.45) is -0.686. The highest BCUT2D eigenvalue weighted by atomic mass is 35.6. The molecule has 1 N–H and O–H groups in total. The number of ether oxygens (including phenoxy) is 2. The minimum absolute atomic E-state index is 0.276. The van der Waals surface area contributed by atoms with Gasteiger partial charge in [0.15, 0.2) is 8.32 Å². The summed E-state index contributed by atoms with van der Waals surface area (Å²) in [6.45, 7) is 17.8. The number of allylic oxidation sites excluding steroid dienone is 1. The van der Waals surface area contributed by atoms with Gasteiger partial charge in [0.2, 0.25) is 3.79 Å². The van der Waals surface area contributed by atoms with Crippen molar-refractivity contribution in [2.24, 2.45) is 23.2 Å². The Morgan fingerprint density at radius 2 is 1.50 bits per heavy atom. The molecule has 5 atom stereocenters. The van der Waals surface area contributed by atoms with E-state index in [0.717, 1.165) is 18.1 Å². The molecule has 0 aromatic carbocycles. The number of alkyl halides is 3. The monoisotopic (exact) mass is 588 g/mol. The average molecular weight is 590 g/mol. The molecule has 0 aliphatic carbocycles. The molecule has 11 heteroatoms. The number of carboxylic acids is 1. The second kappa shape index (κ2) is 15.0. The van der Waals surface area contributed by atoms with E-state index in [9.17, 15) is 19.5 Å². The Balaban J connectivity index is 6.20. The molecule has 0 heterocycles. The zero-order valence-corrected chi connectivity index (χ0v) is 26.0. The van der Waals surface area contributed by atoms with Gasteiger partial charge in [0.1, 0.15) is 18.5 Å². The summed E-state index contributed by atoms with van der Waals surface area (Å²) in [5.74, 6) is -3.33. The van der Waals surface area contributed by atoms with E-state index in [1.165, 1.54) is 0 Å². The van der Waals surface area contributed by atoms with Crippen molar-refractivity contribution in [1.82, 2.24) is 0 Å². The Hall–Kier alpha value is -0.803. The summed E-state index contributed by atoms with van der Waals surface area (Å²) >= 11 is 16.9. The van der Waals surface area contributed by atoms with Crippen molar-refractivity contribution < 1.29 is 33.4 Å². The summed E-state index contributed by atoms with van der Waals surface area (Å²) in [4.78, 5) is 38.4. The maximum absolute atomic E-state index is 14.0. The molecule has 0 saturated heterocycles. The third-order valence-electron chi connectivity index (χ3n) is 7.09. The van der Waals surface area contributed by atoms with Crippen molar-refractivity contribution >= 4 is 61.0 Å². The van der Waals surface area contributed by atoms with Gasteiger partial charge in [-0.05, 0) is 37.4 Å². The summed E-state index contributed by atoms with van der Waals surface area (Å²) < 4.78 is 15.3. The van der Waals surface area contributed by atoms with Gasteiger partial charge in [-0.25, -0.2) is 4.79 Å². The zero-order valence-electron chi connectivity index (χ0n) is 22.7. The van der Waals surface area contributed by atoms with E-state index in [1.807, 2.05) is 27.7 Å². The summed E-state index contributed by atoms with van der Waals surface area (Å²) in [6, 6.07) is 2.42. The lowest BCUT2D eigenvalue weighted by Crippen LogP contribution is -2.54. The van der Waals surface area contributed by atoms with Crippen molar-refractivity contribution in [1.29, 1.82) is 0 Å². The highest BCUT2D eigenvalue weighted by molar-refractivity contribution is 6.73. The van der Waals surface area contributed by atoms with Gasteiger partial charge in [-0.2, -0.15) is 0 Å². The Bertz CT molecular complexity index is 742. The van der Waals surface area contributed by atoms with Crippen molar-refractivity contribution in [3.63, 3.8) is 0 Å². The van der Waals surface area contributed by atoms with Crippen LogP contribution in [0, 0.1) is 23.2 Å². The van der Waals surface area contributed by atoms with E-state index >= 15 is 0 Å². The van der Waals surface area contributed by atoms with Gasteiger partial charge in [-0.3, -0.25) is 9.59 Å². The van der Waals surface area contributed by atoms with Crippen LogP contribution in [0.4, 0.5) is 4.79 Å². The maximum Gasteiger partial charge on any atom is 0.508 e. The predicted molar refractivity (Wildman–Crippen MR) is 147 cm³/mol. The van der Waals surface area contributed by atoms with Crippen LogP contribution in [0.3, 0.4) is 0 Å². The number of aliphatic carboxylic acids is 1. The van der Waals surface area contributed by atoms with Gasteiger partial charge < -0.3 is 19.0 Å². The number of halogens is 3. The molecule has 0 radical (unpaired) electrons. The predicted octanol–water partition coefficient (Wildman–Crippen LogP) is 7.43. The van der Waals surface area contributed by atoms with Crippen LogP contribution in [-0.2, 0) is 23.5 Å². The van der Waals surface area contributed by atoms with E-state index in [2.05, 4.69) is 6.58 Å². The smallest absolute Gasteiger partial charge is 0.481 e. The molecule has 210 valence electrons. The van der Waals surface area contributed by atoms with Crippen LogP contribution in [0.15, 0.2) is 12.7 Å². The molecule has 36 heavy (non-hydrogen) atoms. The zero-order chi connectivity index (χ0) is 28.5. The minimum Gasteiger partial charge on any atom is -0.481 e. The highest BCUT2D eigenvalue weighted by Gasteiger charge is 2.49. The van der Waals surface area contributed by atoms with Gasteiger partial charge in [0.05, 0.1) is 17.9 Å². The molecule has 0 aliphatic rings. The Morgan fingerprint density at radius 3 is 1.89 bits per heavy atom. The van der Waals surface area contributed by atoms with Crippen LogP contribution < -0.4 is 0 Å². The molecular weight excluding hydrogens is 547 g/mol. The van der Waals surface area contributed by atoms with E-state index in [1.54, 1.807) is 33.8 Å². The second-order valence-electron chi connectivity index (χ2n) is 10.0. The summed E-state index contributed by atoms with van der Waals surface area (Å²) in [5, 5.41) is 9.86. The van der Waals surface area contributed by atoms with Crippen molar-refractivity contribution in [3.05, 3.63) is 12.7 Å². The number of carbonyl (C=O) groups is 3. The SMILES string of the molecule is C=CCC(C)[C@H](OC(=O)OCC(Cl)(Cl)Cl)C(C)C(=O)C(C)(C)C(O[Si](CC)(CC)CC)C(C)C(=O)O. The fourth-order valence-electron chi connectivity index (χ4n) is 4.54. The topological polar surface area (TPSA) is 99.1 Å². The number of rotatable bonds is 16. The molecule has 0 fully saturated rings. The molecule has 0 spiro atoms. The first-order chi connectivity index (χ1) is 16.4. The van der Waals surface area contributed by atoms with Gasteiger partial charge in [0.25, 0.3) is 0 Å². The molecule has 0 saturated carbocycles. The molecule has 7 nitrogen and oxygen atoms in total. The van der Waals surface area contributed by atoms with Crippen LogP contribution in [0.25, 0.3) is 0 Å². The average Bonchev–Trinajstić information content (AvgIpc) is 2.80. The lowest BCUT2D eigenvalue weighted by Gasteiger charge is -2.44. The number of hydrogen-bond acceptors (Lipinski definition) is 6. The normalized spacial score (nSPS) is 16.9. The van der Waals surface area contributed by atoms with E-state index < -0.39 is 60.3 Å².